The first-order chi connectivity index (χ1) is 7.81. The van der Waals surface area contributed by atoms with Crippen molar-refractivity contribution in [3.63, 3.8) is 0 Å². The number of rotatable bonds is 2. The van der Waals surface area contributed by atoms with Crippen molar-refractivity contribution in [1.29, 1.82) is 5.26 Å². The molecule has 1 aromatic rings. The Labute approximate surface area is 103 Å². The SMILES string of the molecule is N#Cc1ccc(Br)cc1NC(=O)CC(F)(F)F. The van der Waals surface area contributed by atoms with Crippen LogP contribution in [0.1, 0.15) is 12.0 Å². The van der Waals surface area contributed by atoms with E-state index in [9.17, 15) is 18.0 Å². The number of benzene rings is 1. The van der Waals surface area contributed by atoms with Crippen LogP contribution in [0.2, 0.25) is 0 Å². The van der Waals surface area contributed by atoms with Gasteiger partial charge in [-0.25, -0.2) is 0 Å². The number of anilines is 1. The molecule has 0 bridgehead atoms. The van der Waals surface area contributed by atoms with Crippen molar-refractivity contribution in [2.45, 2.75) is 12.6 Å². The molecular weight excluding hydrogens is 301 g/mol. The van der Waals surface area contributed by atoms with Crippen LogP contribution in [-0.4, -0.2) is 12.1 Å². The highest BCUT2D eigenvalue weighted by atomic mass is 79.9. The summed E-state index contributed by atoms with van der Waals surface area (Å²) >= 11 is 3.09. The Balaban J connectivity index is 2.85. The second kappa shape index (κ2) is 5.19. The summed E-state index contributed by atoms with van der Waals surface area (Å²) in [5, 5.41) is 10.8. The summed E-state index contributed by atoms with van der Waals surface area (Å²) in [6.07, 6.45) is -6.15. The molecule has 1 aromatic carbocycles. The Morgan fingerprint density at radius 2 is 2.12 bits per heavy atom. The lowest BCUT2D eigenvalue weighted by molar-refractivity contribution is -0.150. The fourth-order valence-electron chi connectivity index (χ4n) is 1.09. The molecule has 0 aliphatic heterocycles. The van der Waals surface area contributed by atoms with Gasteiger partial charge in [-0.3, -0.25) is 4.79 Å². The lowest BCUT2D eigenvalue weighted by Crippen LogP contribution is -2.21. The molecule has 0 saturated heterocycles. The van der Waals surface area contributed by atoms with E-state index in [2.05, 4.69) is 15.9 Å². The van der Waals surface area contributed by atoms with Gasteiger partial charge in [0.15, 0.2) is 0 Å². The Hall–Kier alpha value is -1.55. The first-order valence-electron chi connectivity index (χ1n) is 4.38. The summed E-state index contributed by atoms with van der Waals surface area (Å²) in [5.74, 6) is -1.20. The van der Waals surface area contributed by atoms with Gasteiger partial charge in [0.2, 0.25) is 5.91 Å². The van der Waals surface area contributed by atoms with Gasteiger partial charge in [0.05, 0.1) is 11.3 Å². The lowest BCUT2D eigenvalue weighted by atomic mass is 10.2. The molecule has 0 atom stereocenters. The minimum Gasteiger partial charge on any atom is -0.325 e. The Morgan fingerprint density at radius 3 is 2.65 bits per heavy atom. The van der Waals surface area contributed by atoms with E-state index in [0.29, 0.717) is 4.47 Å². The Morgan fingerprint density at radius 1 is 1.47 bits per heavy atom. The van der Waals surface area contributed by atoms with E-state index < -0.39 is 18.5 Å². The molecule has 1 N–H and O–H groups in total. The van der Waals surface area contributed by atoms with Gasteiger partial charge in [-0.2, -0.15) is 18.4 Å². The number of carbonyl (C=O) groups is 1. The van der Waals surface area contributed by atoms with Crippen LogP contribution in [0, 0.1) is 11.3 Å². The van der Waals surface area contributed by atoms with Crippen molar-refractivity contribution < 1.29 is 18.0 Å². The molecule has 0 saturated carbocycles. The van der Waals surface area contributed by atoms with Crippen molar-refractivity contribution in [2.24, 2.45) is 0 Å². The molecule has 0 aliphatic rings. The van der Waals surface area contributed by atoms with E-state index in [4.69, 9.17) is 5.26 Å². The van der Waals surface area contributed by atoms with Crippen molar-refractivity contribution in [3.8, 4) is 6.07 Å². The van der Waals surface area contributed by atoms with Crippen molar-refractivity contribution >= 4 is 27.5 Å². The fraction of sp³-hybridized carbons (Fsp3) is 0.200. The maximum absolute atomic E-state index is 11.9. The van der Waals surface area contributed by atoms with Crippen molar-refractivity contribution in [1.82, 2.24) is 0 Å². The molecule has 0 aliphatic carbocycles. The van der Waals surface area contributed by atoms with Gasteiger partial charge in [0, 0.05) is 4.47 Å². The minimum atomic E-state index is -4.57. The van der Waals surface area contributed by atoms with Gasteiger partial charge in [0.1, 0.15) is 12.5 Å². The lowest BCUT2D eigenvalue weighted by Gasteiger charge is -2.09. The fourth-order valence-corrected chi connectivity index (χ4v) is 1.45. The van der Waals surface area contributed by atoms with Crippen LogP contribution in [0.3, 0.4) is 0 Å². The number of hydrogen-bond acceptors (Lipinski definition) is 2. The number of carbonyl (C=O) groups excluding carboxylic acids is 1. The minimum absolute atomic E-state index is 0.0520. The summed E-state index contributed by atoms with van der Waals surface area (Å²) in [6.45, 7) is 0. The first-order valence-corrected chi connectivity index (χ1v) is 5.17. The van der Waals surface area contributed by atoms with E-state index in [0.717, 1.165) is 0 Å². The molecule has 3 nitrogen and oxygen atoms in total. The third kappa shape index (κ3) is 4.44. The number of hydrogen-bond donors (Lipinski definition) is 1. The number of nitriles is 1. The standard InChI is InChI=1S/C10H6BrF3N2O/c11-7-2-1-6(5-15)8(3-7)16-9(17)4-10(12,13)14/h1-3H,4H2,(H,16,17). The van der Waals surface area contributed by atoms with E-state index in [-0.39, 0.29) is 11.3 Å². The number of alkyl halides is 3. The predicted molar refractivity (Wildman–Crippen MR) is 58.2 cm³/mol. The molecule has 0 heterocycles. The van der Waals surface area contributed by atoms with Crippen LogP contribution in [0.15, 0.2) is 22.7 Å². The molecule has 0 unspecified atom stereocenters. The van der Waals surface area contributed by atoms with E-state index in [1.165, 1.54) is 12.1 Å². The summed E-state index contributed by atoms with van der Waals surface area (Å²) in [6, 6.07) is 6.09. The van der Waals surface area contributed by atoms with Gasteiger partial charge in [-0.15, -0.1) is 0 Å². The summed E-state index contributed by atoms with van der Waals surface area (Å²) in [4.78, 5) is 11.1. The summed E-state index contributed by atoms with van der Waals surface area (Å²) in [5.41, 5.74) is 0.153. The second-order valence-corrected chi connectivity index (χ2v) is 4.06. The van der Waals surface area contributed by atoms with Gasteiger partial charge in [-0.05, 0) is 18.2 Å². The van der Waals surface area contributed by atoms with Gasteiger partial charge in [0.25, 0.3) is 0 Å². The predicted octanol–water partition coefficient (Wildman–Crippen LogP) is 3.21. The van der Waals surface area contributed by atoms with Gasteiger partial charge >= 0.3 is 6.18 Å². The highest BCUT2D eigenvalue weighted by molar-refractivity contribution is 9.10. The molecule has 0 fully saturated rings. The summed E-state index contributed by atoms with van der Waals surface area (Å²) < 4.78 is 36.4. The van der Waals surface area contributed by atoms with Gasteiger partial charge < -0.3 is 5.32 Å². The third-order valence-electron chi connectivity index (χ3n) is 1.74. The van der Waals surface area contributed by atoms with Crippen molar-refractivity contribution in [3.05, 3.63) is 28.2 Å². The third-order valence-corrected chi connectivity index (χ3v) is 2.23. The van der Waals surface area contributed by atoms with E-state index in [1.54, 1.807) is 12.1 Å². The quantitative estimate of drug-likeness (QED) is 0.912. The Kier molecular flexibility index (Phi) is 4.12. The molecule has 17 heavy (non-hydrogen) atoms. The molecular formula is C10H6BrF3N2O. The molecule has 7 heteroatoms. The topological polar surface area (TPSA) is 52.9 Å². The average Bonchev–Trinajstić information content (AvgIpc) is 2.14. The van der Waals surface area contributed by atoms with E-state index >= 15 is 0 Å². The average molecular weight is 307 g/mol. The van der Waals surface area contributed by atoms with Crippen molar-refractivity contribution in [2.75, 3.05) is 5.32 Å². The molecule has 0 radical (unpaired) electrons. The zero-order valence-electron chi connectivity index (χ0n) is 8.31. The smallest absolute Gasteiger partial charge is 0.325 e. The van der Waals surface area contributed by atoms with Gasteiger partial charge in [-0.1, -0.05) is 15.9 Å². The zero-order chi connectivity index (χ0) is 13.1. The number of halogens is 4. The van der Waals surface area contributed by atoms with Crippen LogP contribution < -0.4 is 5.32 Å². The molecule has 0 aromatic heterocycles. The Bertz CT molecular complexity index is 479. The maximum Gasteiger partial charge on any atom is 0.397 e. The second-order valence-electron chi connectivity index (χ2n) is 3.14. The van der Waals surface area contributed by atoms with Crippen LogP contribution >= 0.6 is 15.9 Å². The van der Waals surface area contributed by atoms with Crippen LogP contribution in [0.5, 0.6) is 0 Å². The molecule has 90 valence electrons. The van der Waals surface area contributed by atoms with Crippen LogP contribution in [-0.2, 0) is 4.79 Å². The monoisotopic (exact) mass is 306 g/mol. The van der Waals surface area contributed by atoms with Crippen LogP contribution in [0.4, 0.5) is 18.9 Å². The normalized spacial score (nSPS) is 10.8. The number of nitrogens with one attached hydrogen (secondary N) is 1. The highest BCUT2D eigenvalue weighted by Gasteiger charge is 2.31. The molecule has 1 rings (SSSR count). The van der Waals surface area contributed by atoms with E-state index in [1.807, 2.05) is 5.32 Å². The molecule has 1 amide bonds. The van der Waals surface area contributed by atoms with Crippen LogP contribution in [0.25, 0.3) is 0 Å². The summed E-state index contributed by atoms with van der Waals surface area (Å²) in [7, 11) is 0. The largest absolute Gasteiger partial charge is 0.397 e. The first kappa shape index (κ1) is 13.5. The number of nitrogens with zero attached hydrogens (tertiary/aromatic N) is 1. The number of amides is 1. The zero-order valence-corrected chi connectivity index (χ0v) is 9.89. The maximum atomic E-state index is 11.9. The molecule has 0 spiro atoms. The highest BCUT2D eigenvalue weighted by Crippen LogP contribution is 2.23.